The van der Waals surface area contributed by atoms with E-state index in [9.17, 15) is 18.0 Å². The Labute approximate surface area is 288 Å². The summed E-state index contributed by atoms with van der Waals surface area (Å²) in [6.07, 6.45) is 3.06. The lowest BCUT2D eigenvalue weighted by atomic mass is 9.72. The van der Waals surface area contributed by atoms with Crippen molar-refractivity contribution in [3.8, 4) is 16.9 Å². The molecule has 4 aliphatic rings. The summed E-state index contributed by atoms with van der Waals surface area (Å²) >= 11 is 0. The summed E-state index contributed by atoms with van der Waals surface area (Å²) in [6, 6.07) is 4.34. The minimum absolute atomic E-state index is 0.0435. The van der Waals surface area contributed by atoms with E-state index in [2.05, 4.69) is 38.1 Å². The zero-order chi connectivity index (χ0) is 34.9. The number of aromatic nitrogens is 4. The molecule has 4 fully saturated rings. The van der Waals surface area contributed by atoms with Crippen LogP contribution in [0.4, 0.5) is 24.9 Å². The van der Waals surface area contributed by atoms with Crippen molar-refractivity contribution in [3.63, 3.8) is 0 Å². The monoisotopic (exact) mass is 686 g/mol. The van der Waals surface area contributed by atoms with Gasteiger partial charge in [0.25, 0.3) is 0 Å². The van der Waals surface area contributed by atoms with Crippen LogP contribution in [-0.4, -0.2) is 107 Å². The third kappa shape index (κ3) is 5.46. The zero-order valence-electron chi connectivity index (χ0n) is 28.4. The highest BCUT2D eigenvalue weighted by Gasteiger charge is 2.47. The van der Waals surface area contributed by atoms with Crippen LogP contribution in [0, 0.1) is 19.3 Å². The lowest BCUT2D eigenvalue weighted by Crippen LogP contribution is -2.63. The number of carbonyl (C=O) groups is 1. The maximum absolute atomic E-state index is 14.0. The Hall–Kier alpha value is -4.65. The Morgan fingerprint density at radius 2 is 1.78 bits per heavy atom. The fourth-order valence-corrected chi connectivity index (χ4v) is 8.09. The van der Waals surface area contributed by atoms with Gasteiger partial charge in [-0.2, -0.15) is 23.3 Å². The number of amides is 1. The molecule has 0 radical (unpaired) electrons. The number of nitrogens with one attached hydrogen (secondary N) is 1. The minimum atomic E-state index is -4.58. The highest BCUT2D eigenvalue weighted by atomic mass is 19.4. The number of piperidine rings is 1. The van der Waals surface area contributed by atoms with E-state index in [1.165, 1.54) is 12.5 Å². The molecule has 0 unspecified atom stereocenters. The summed E-state index contributed by atoms with van der Waals surface area (Å²) in [6.45, 7) is 16.6. The molecule has 4 aliphatic heterocycles. The molecule has 1 N–H and O–H groups in total. The summed E-state index contributed by atoms with van der Waals surface area (Å²) in [5.41, 5.74) is 4.87. The zero-order valence-corrected chi connectivity index (χ0v) is 28.4. The molecule has 13 heteroatoms. The first-order valence-corrected chi connectivity index (χ1v) is 17.3. The average Bonchev–Trinajstić information content (AvgIpc) is 3.50. The van der Waals surface area contributed by atoms with Crippen molar-refractivity contribution in [1.82, 2.24) is 30.0 Å². The fourth-order valence-electron chi connectivity index (χ4n) is 8.09. The third-order valence-electron chi connectivity index (χ3n) is 11.3. The van der Waals surface area contributed by atoms with Gasteiger partial charge in [-0.15, -0.1) is 0 Å². The van der Waals surface area contributed by atoms with Gasteiger partial charge < -0.3 is 19.4 Å². The quantitative estimate of drug-likeness (QED) is 0.230. The second-order valence-electron chi connectivity index (χ2n) is 14.4. The predicted octanol–water partition coefficient (Wildman–Crippen LogP) is 5.88. The van der Waals surface area contributed by atoms with Crippen molar-refractivity contribution in [3.05, 3.63) is 54.3 Å². The summed E-state index contributed by atoms with van der Waals surface area (Å²) < 4.78 is 47.8. The predicted molar refractivity (Wildman–Crippen MR) is 189 cm³/mol. The number of alkyl halides is 3. The summed E-state index contributed by atoms with van der Waals surface area (Å²) in [5, 5.41) is 8.68. The Balaban J connectivity index is 1.28. The number of rotatable bonds is 8. The molecule has 0 bridgehead atoms. The minimum Gasteiger partial charge on any atom is -0.481 e. The van der Waals surface area contributed by atoms with Gasteiger partial charge >= 0.3 is 6.18 Å². The first-order chi connectivity index (χ1) is 24.0. The molecule has 4 saturated heterocycles. The van der Waals surface area contributed by atoms with Crippen molar-refractivity contribution in [2.45, 2.75) is 45.3 Å². The third-order valence-corrected chi connectivity index (χ3v) is 11.3. The lowest BCUT2D eigenvalue weighted by Gasteiger charge is -2.54. The van der Waals surface area contributed by atoms with Crippen molar-refractivity contribution in [2.75, 3.05) is 68.8 Å². The number of nitrogens with zero attached hydrogens (tertiary/aromatic N) is 7. The molecule has 2 aromatic carbocycles. The molecule has 50 heavy (non-hydrogen) atoms. The Bertz CT molecular complexity index is 2010. The highest BCUT2D eigenvalue weighted by molar-refractivity contribution is 6.07. The van der Waals surface area contributed by atoms with Gasteiger partial charge in [-0.1, -0.05) is 19.2 Å². The summed E-state index contributed by atoms with van der Waals surface area (Å²) in [7, 11) is 0. The van der Waals surface area contributed by atoms with Gasteiger partial charge in [0.05, 0.1) is 11.7 Å². The van der Waals surface area contributed by atoms with Gasteiger partial charge in [0.1, 0.15) is 11.3 Å². The molecular weight excluding hydrogens is 645 g/mol. The molecule has 10 nitrogen and oxygen atoms in total. The molecule has 262 valence electrons. The number of halogens is 3. The lowest BCUT2D eigenvalue weighted by molar-refractivity contribution is -0.153. The first kappa shape index (κ1) is 32.5. The number of ether oxygens (including phenoxy) is 1. The number of hydrogen-bond acceptors (Lipinski definition) is 8. The smallest absolute Gasteiger partial charge is 0.422 e. The Morgan fingerprint density at radius 3 is 2.42 bits per heavy atom. The van der Waals surface area contributed by atoms with E-state index < -0.39 is 12.8 Å². The number of likely N-dealkylation sites (tertiary alicyclic amines) is 2. The molecule has 8 rings (SSSR count). The molecule has 2 aromatic heterocycles. The SMILES string of the molecule is C=CC(=O)N1CC2(CCN(c3nc(N4CC(N5CCC5)C4)nc4c(OCC(F)(F)F)c(-c5c(C)c(C)cc6[nH]ncc56)c(C=C)cc34)CC2)C1. The van der Waals surface area contributed by atoms with E-state index >= 15 is 0 Å². The molecule has 0 atom stereocenters. The van der Waals surface area contributed by atoms with Crippen LogP contribution in [0.1, 0.15) is 36.0 Å². The van der Waals surface area contributed by atoms with Crippen LogP contribution in [0.25, 0.3) is 39.0 Å². The second-order valence-corrected chi connectivity index (χ2v) is 14.4. The molecule has 0 aliphatic carbocycles. The molecule has 1 amide bonds. The number of aryl methyl sites for hydroxylation is 1. The summed E-state index contributed by atoms with van der Waals surface area (Å²) in [5.74, 6) is 1.17. The Kier molecular flexibility index (Phi) is 7.81. The van der Waals surface area contributed by atoms with Crippen LogP contribution in [0.5, 0.6) is 5.75 Å². The van der Waals surface area contributed by atoms with Gasteiger partial charge in [-0.3, -0.25) is 14.8 Å². The van der Waals surface area contributed by atoms with Crippen molar-refractivity contribution >= 4 is 45.6 Å². The van der Waals surface area contributed by atoms with E-state index in [0.29, 0.717) is 66.0 Å². The number of benzene rings is 2. The largest absolute Gasteiger partial charge is 0.481 e. The van der Waals surface area contributed by atoms with Crippen LogP contribution in [0.2, 0.25) is 0 Å². The van der Waals surface area contributed by atoms with E-state index in [1.807, 2.05) is 30.9 Å². The highest BCUT2D eigenvalue weighted by Crippen LogP contribution is 2.48. The standard InChI is InChI=1S/C37H41F3N8O2/c1-5-24-15-26-32(33(50-21-37(38,39)40)31(24)30-23(4)22(3)14-28-27(30)16-41-44-28)42-35(47-17-25(18-47)45-10-7-11-45)43-34(26)46-12-8-36(9-13-46)19-48(20-36)29(49)6-2/h5-6,14-16,25H,1-2,7-13,17-21H2,3-4H3,(H,41,44). The van der Waals surface area contributed by atoms with Gasteiger partial charge in [-0.25, -0.2) is 4.98 Å². The van der Waals surface area contributed by atoms with Crippen molar-refractivity contribution < 1.29 is 22.7 Å². The number of H-pyrrole nitrogens is 1. The molecule has 1 spiro atoms. The number of fused-ring (bicyclic) bond motifs is 2. The molecule has 4 aromatic rings. The Morgan fingerprint density at radius 1 is 1.04 bits per heavy atom. The van der Waals surface area contributed by atoms with Crippen LogP contribution in [0.3, 0.4) is 0 Å². The van der Waals surface area contributed by atoms with E-state index in [1.54, 1.807) is 12.3 Å². The van der Waals surface area contributed by atoms with Crippen LogP contribution in [0.15, 0.2) is 37.6 Å². The molecule has 0 saturated carbocycles. The second kappa shape index (κ2) is 12.0. The van der Waals surface area contributed by atoms with Gasteiger partial charge in [0.2, 0.25) is 11.9 Å². The van der Waals surface area contributed by atoms with E-state index in [-0.39, 0.29) is 17.1 Å². The normalized spacial score (nSPS) is 19.4. The maximum Gasteiger partial charge on any atom is 0.422 e. The van der Waals surface area contributed by atoms with Gasteiger partial charge in [0, 0.05) is 72.6 Å². The number of anilines is 2. The van der Waals surface area contributed by atoms with Gasteiger partial charge in [-0.05, 0) is 81.1 Å². The molecular formula is C37H41F3N8O2. The van der Waals surface area contributed by atoms with Crippen LogP contribution in [-0.2, 0) is 4.79 Å². The van der Waals surface area contributed by atoms with Crippen LogP contribution < -0.4 is 14.5 Å². The van der Waals surface area contributed by atoms with E-state index in [4.69, 9.17) is 14.7 Å². The number of carbonyl (C=O) groups excluding carboxylic acids is 1. The van der Waals surface area contributed by atoms with E-state index in [0.717, 1.165) is 66.6 Å². The topological polar surface area (TPSA) is 93.7 Å². The average molecular weight is 687 g/mol. The van der Waals surface area contributed by atoms with Crippen molar-refractivity contribution in [1.29, 1.82) is 0 Å². The maximum atomic E-state index is 14.0. The number of hydrogen-bond donors (Lipinski definition) is 1. The first-order valence-electron chi connectivity index (χ1n) is 17.3. The number of aromatic amines is 1. The van der Waals surface area contributed by atoms with Crippen LogP contribution >= 0.6 is 0 Å². The summed E-state index contributed by atoms with van der Waals surface area (Å²) in [4.78, 5) is 31.0. The fraction of sp³-hybridized carbons (Fsp3) is 0.459. The van der Waals surface area contributed by atoms with Crippen molar-refractivity contribution in [2.24, 2.45) is 5.41 Å². The molecule has 6 heterocycles. The van der Waals surface area contributed by atoms with Gasteiger partial charge in [0.15, 0.2) is 12.4 Å².